The minimum Gasteiger partial charge on any atom is -0.457 e. The lowest BCUT2D eigenvalue weighted by atomic mass is 10.0. The number of nitro benzene ring substituents is 1. The van der Waals surface area contributed by atoms with Crippen LogP contribution in [0.25, 0.3) is 17.4 Å². The predicted octanol–water partition coefficient (Wildman–Crippen LogP) is 5.80. The molecule has 2 aromatic carbocycles. The van der Waals surface area contributed by atoms with Gasteiger partial charge in [-0.15, -0.1) is 0 Å². The number of nitro groups is 1. The molecule has 0 N–H and O–H groups in total. The summed E-state index contributed by atoms with van der Waals surface area (Å²) in [4.78, 5) is 24.8. The van der Waals surface area contributed by atoms with E-state index < -0.39 is 4.92 Å². The van der Waals surface area contributed by atoms with Crippen LogP contribution in [-0.4, -0.2) is 10.7 Å². The Labute approximate surface area is 159 Å². The minimum absolute atomic E-state index is 0.0179. The highest BCUT2D eigenvalue weighted by molar-refractivity contribution is 8.04. The molecule has 3 aromatic rings. The smallest absolute Gasteiger partial charge is 0.273 e. The maximum Gasteiger partial charge on any atom is 0.273 e. The van der Waals surface area contributed by atoms with Crippen molar-refractivity contribution in [2.24, 2.45) is 0 Å². The highest BCUT2D eigenvalue weighted by Gasteiger charge is 2.25. The number of benzene rings is 2. The molecule has 0 amide bonds. The van der Waals surface area contributed by atoms with Crippen LogP contribution >= 0.6 is 11.8 Å². The zero-order valence-corrected chi connectivity index (χ0v) is 15.5. The average Bonchev–Trinajstić information content (AvgIpc) is 3.20. The molecule has 1 aliphatic rings. The van der Waals surface area contributed by atoms with Crippen molar-refractivity contribution in [3.05, 3.63) is 86.0 Å². The quantitative estimate of drug-likeness (QED) is 0.327. The molecule has 1 aromatic heterocycles. The van der Waals surface area contributed by atoms with Crippen LogP contribution in [0.2, 0.25) is 0 Å². The number of nitrogens with zero attached hydrogens (tertiary/aromatic N) is 1. The second kappa shape index (κ2) is 6.55. The van der Waals surface area contributed by atoms with Crippen molar-refractivity contribution in [2.45, 2.75) is 18.7 Å². The summed E-state index contributed by atoms with van der Waals surface area (Å²) in [5.41, 5.74) is 2.94. The van der Waals surface area contributed by atoms with Crippen LogP contribution < -0.4 is 0 Å². The third-order valence-electron chi connectivity index (χ3n) is 4.48. The molecule has 0 aliphatic carbocycles. The molecule has 0 radical (unpaired) electrons. The van der Waals surface area contributed by atoms with Crippen molar-refractivity contribution in [1.29, 1.82) is 0 Å². The first-order valence-corrected chi connectivity index (χ1v) is 9.15. The number of Topliss-reactive ketones (excluding diaryl/α,β-unsaturated/α-hetero) is 1. The predicted molar refractivity (Wildman–Crippen MR) is 105 cm³/mol. The standard InChI is InChI=1S/C21H15NO4S/c1-12-9-13(2)17(22(24)25)11-16(12)18-8-7-14(26-18)10-20-21(23)15-5-3-4-6-19(15)27-20/h3-11H,1-2H3/b20-10-. The molecule has 5 nitrogen and oxygen atoms in total. The van der Waals surface area contributed by atoms with Crippen molar-refractivity contribution in [1.82, 2.24) is 0 Å². The molecule has 1 aliphatic heterocycles. The van der Waals surface area contributed by atoms with Gasteiger partial charge in [-0.25, -0.2) is 0 Å². The number of aryl methyl sites for hydroxylation is 2. The second-order valence-electron chi connectivity index (χ2n) is 6.35. The average molecular weight is 377 g/mol. The highest BCUT2D eigenvalue weighted by atomic mass is 32.2. The number of fused-ring (bicyclic) bond motifs is 1. The number of ketones is 1. The molecule has 4 rings (SSSR count). The van der Waals surface area contributed by atoms with Gasteiger partial charge < -0.3 is 4.42 Å². The van der Waals surface area contributed by atoms with Crippen molar-refractivity contribution in [3.63, 3.8) is 0 Å². The van der Waals surface area contributed by atoms with Crippen LogP contribution in [0.4, 0.5) is 5.69 Å². The van der Waals surface area contributed by atoms with Gasteiger partial charge in [-0.05, 0) is 55.8 Å². The van der Waals surface area contributed by atoms with E-state index in [1.807, 2.05) is 31.2 Å². The monoisotopic (exact) mass is 377 g/mol. The Morgan fingerprint density at radius 1 is 1.04 bits per heavy atom. The Balaban J connectivity index is 1.69. The summed E-state index contributed by atoms with van der Waals surface area (Å²) in [7, 11) is 0. The van der Waals surface area contributed by atoms with Gasteiger partial charge in [0.05, 0.1) is 9.83 Å². The summed E-state index contributed by atoms with van der Waals surface area (Å²) in [6.07, 6.45) is 1.72. The molecular weight excluding hydrogens is 362 g/mol. The zero-order chi connectivity index (χ0) is 19.1. The summed E-state index contributed by atoms with van der Waals surface area (Å²) in [5, 5.41) is 11.2. The number of allylic oxidation sites excluding steroid dienone is 1. The topological polar surface area (TPSA) is 73.3 Å². The number of carbonyl (C=O) groups excluding carboxylic acids is 1. The Bertz CT molecular complexity index is 1130. The lowest BCUT2D eigenvalue weighted by molar-refractivity contribution is -0.385. The lowest BCUT2D eigenvalue weighted by Crippen LogP contribution is -1.94. The van der Waals surface area contributed by atoms with Gasteiger partial charge in [0.25, 0.3) is 5.69 Å². The number of furan rings is 1. The molecule has 0 spiro atoms. The van der Waals surface area contributed by atoms with E-state index in [0.717, 1.165) is 10.5 Å². The molecule has 2 heterocycles. The van der Waals surface area contributed by atoms with Gasteiger partial charge in [0.1, 0.15) is 11.5 Å². The number of rotatable bonds is 3. The summed E-state index contributed by atoms with van der Waals surface area (Å²) in [5.74, 6) is 1.06. The Morgan fingerprint density at radius 3 is 2.56 bits per heavy atom. The normalized spacial score (nSPS) is 14.6. The first kappa shape index (κ1) is 17.3. The fraction of sp³-hybridized carbons (Fsp3) is 0.0952. The van der Waals surface area contributed by atoms with E-state index in [-0.39, 0.29) is 11.5 Å². The van der Waals surface area contributed by atoms with Crippen LogP contribution in [0.3, 0.4) is 0 Å². The Morgan fingerprint density at radius 2 is 1.81 bits per heavy atom. The molecule has 0 unspecified atom stereocenters. The molecule has 0 fully saturated rings. The van der Waals surface area contributed by atoms with Gasteiger partial charge in [-0.2, -0.15) is 0 Å². The Hall–Kier alpha value is -3.12. The second-order valence-corrected chi connectivity index (χ2v) is 7.43. The van der Waals surface area contributed by atoms with Gasteiger partial charge in [0, 0.05) is 27.7 Å². The third kappa shape index (κ3) is 3.08. The van der Waals surface area contributed by atoms with E-state index in [9.17, 15) is 14.9 Å². The van der Waals surface area contributed by atoms with E-state index in [1.165, 1.54) is 17.8 Å². The summed E-state index contributed by atoms with van der Waals surface area (Å²) < 4.78 is 5.87. The fourth-order valence-corrected chi connectivity index (χ4v) is 4.18. The van der Waals surface area contributed by atoms with Crippen LogP contribution in [0, 0.1) is 24.0 Å². The van der Waals surface area contributed by atoms with Crippen LogP contribution in [0.5, 0.6) is 0 Å². The number of hydrogen-bond donors (Lipinski definition) is 0. The van der Waals surface area contributed by atoms with Crippen molar-refractivity contribution in [3.8, 4) is 11.3 Å². The van der Waals surface area contributed by atoms with Crippen LogP contribution in [-0.2, 0) is 0 Å². The molecule has 0 saturated carbocycles. The molecular formula is C21H15NO4S. The highest BCUT2D eigenvalue weighted by Crippen LogP contribution is 2.41. The molecule has 134 valence electrons. The largest absolute Gasteiger partial charge is 0.457 e. The molecule has 0 saturated heterocycles. The lowest BCUT2D eigenvalue weighted by Gasteiger charge is -2.05. The van der Waals surface area contributed by atoms with Crippen molar-refractivity contribution >= 4 is 29.3 Å². The van der Waals surface area contributed by atoms with Gasteiger partial charge in [0.15, 0.2) is 0 Å². The third-order valence-corrected chi connectivity index (χ3v) is 5.58. The van der Waals surface area contributed by atoms with E-state index in [0.29, 0.717) is 33.1 Å². The minimum atomic E-state index is -0.394. The maximum absolute atomic E-state index is 12.5. The van der Waals surface area contributed by atoms with Gasteiger partial charge >= 0.3 is 0 Å². The number of carbonyl (C=O) groups is 1. The van der Waals surface area contributed by atoms with Gasteiger partial charge in [0.2, 0.25) is 5.78 Å². The van der Waals surface area contributed by atoms with Crippen molar-refractivity contribution < 1.29 is 14.1 Å². The van der Waals surface area contributed by atoms with Gasteiger partial charge in [-0.3, -0.25) is 14.9 Å². The summed E-state index contributed by atoms with van der Waals surface area (Å²) in [6, 6.07) is 14.3. The zero-order valence-electron chi connectivity index (χ0n) is 14.7. The molecule has 27 heavy (non-hydrogen) atoms. The molecule has 0 atom stereocenters. The maximum atomic E-state index is 12.5. The Kier molecular flexibility index (Phi) is 4.20. The van der Waals surface area contributed by atoms with E-state index in [4.69, 9.17) is 4.42 Å². The first-order chi connectivity index (χ1) is 12.9. The number of thioether (sulfide) groups is 1. The molecule has 6 heteroatoms. The summed E-state index contributed by atoms with van der Waals surface area (Å²) >= 11 is 1.42. The van der Waals surface area contributed by atoms with E-state index >= 15 is 0 Å². The van der Waals surface area contributed by atoms with Crippen LogP contribution in [0.15, 0.2) is 62.7 Å². The van der Waals surface area contributed by atoms with E-state index in [2.05, 4.69) is 0 Å². The molecule has 0 bridgehead atoms. The van der Waals surface area contributed by atoms with Crippen molar-refractivity contribution in [2.75, 3.05) is 0 Å². The fourth-order valence-electron chi connectivity index (χ4n) is 3.14. The number of hydrogen-bond acceptors (Lipinski definition) is 5. The SMILES string of the molecule is Cc1cc(C)c([N+](=O)[O-])cc1-c1ccc(/C=C2\Sc3ccccc3C2=O)o1. The van der Waals surface area contributed by atoms with Crippen LogP contribution in [0.1, 0.15) is 27.2 Å². The summed E-state index contributed by atoms with van der Waals surface area (Å²) in [6.45, 7) is 3.60. The van der Waals surface area contributed by atoms with E-state index in [1.54, 1.807) is 31.2 Å². The van der Waals surface area contributed by atoms with Gasteiger partial charge in [-0.1, -0.05) is 23.9 Å². The first-order valence-electron chi connectivity index (χ1n) is 8.33.